The highest BCUT2D eigenvalue weighted by atomic mass is 32.2. The van der Waals surface area contributed by atoms with E-state index in [1.807, 2.05) is 30.5 Å². The van der Waals surface area contributed by atoms with Crippen LogP contribution in [0.2, 0.25) is 0 Å². The molecular formula is C17H17N5O3S2. The number of nitrogens with one attached hydrogen (secondary N) is 1. The minimum Gasteiger partial charge on any atom is -0.461 e. The Bertz CT molecular complexity index is 940. The van der Waals surface area contributed by atoms with Gasteiger partial charge in [0.25, 0.3) is 0 Å². The predicted octanol–water partition coefficient (Wildman–Crippen LogP) is 2.48. The fourth-order valence-corrected chi connectivity index (χ4v) is 3.64. The van der Waals surface area contributed by atoms with Gasteiger partial charge in [-0.15, -0.1) is 22.0 Å². The van der Waals surface area contributed by atoms with E-state index in [1.54, 1.807) is 23.9 Å². The maximum Gasteiger partial charge on any atom is 0.237 e. The van der Waals surface area contributed by atoms with Gasteiger partial charge in [0.15, 0.2) is 10.9 Å². The smallest absolute Gasteiger partial charge is 0.237 e. The molecule has 3 aromatic rings. The predicted molar refractivity (Wildman–Crippen MR) is 104 cm³/mol. The Hall–Kier alpha value is -2.72. The van der Waals surface area contributed by atoms with Crippen molar-refractivity contribution in [2.24, 2.45) is 5.73 Å². The van der Waals surface area contributed by atoms with Crippen molar-refractivity contribution in [3.63, 3.8) is 0 Å². The Kier molecular flexibility index (Phi) is 6.20. The number of para-hydroxylation sites is 1. The van der Waals surface area contributed by atoms with Crippen LogP contribution in [0.1, 0.15) is 0 Å². The molecule has 27 heavy (non-hydrogen) atoms. The Labute approximate surface area is 163 Å². The van der Waals surface area contributed by atoms with Gasteiger partial charge in [-0.3, -0.25) is 14.2 Å². The molecule has 0 unspecified atom stereocenters. The largest absolute Gasteiger partial charge is 0.461 e. The Morgan fingerprint density at radius 3 is 2.74 bits per heavy atom. The van der Waals surface area contributed by atoms with Crippen LogP contribution in [0.25, 0.3) is 11.6 Å². The zero-order valence-electron chi connectivity index (χ0n) is 14.4. The van der Waals surface area contributed by atoms with Crippen LogP contribution in [0.15, 0.2) is 57.1 Å². The van der Waals surface area contributed by atoms with E-state index >= 15 is 0 Å². The lowest BCUT2D eigenvalue weighted by Crippen LogP contribution is -2.20. The number of benzene rings is 1. The molecule has 8 nitrogen and oxygen atoms in total. The molecule has 3 rings (SSSR count). The van der Waals surface area contributed by atoms with Crippen molar-refractivity contribution in [2.45, 2.75) is 16.6 Å². The summed E-state index contributed by atoms with van der Waals surface area (Å²) < 4.78 is 6.86. The Balaban J connectivity index is 1.72. The van der Waals surface area contributed by atoms with Crippen molar-refractivity contribution in [3.8, 4) is 11.6 Å². The van der Waals surface area contributed by atoms with E-state index in [1.165, 1.54) is 22.6 Å². The first-order chi connectivity index (χ1) is 13.1. The van der Waals surface area contributed by atoms with Gasteiger partial charge in [0.2, 0.25) is 17.6 Å². The van der Waals surface area contributed by atoms with E-state index in [0.717, 1.165) is 10.6 Å². The van der Waals surface area contributed by atoms with Crippen molar-refractivity contribution in [2.75, 3.05) is 17.3 Å². The molecule has 0 saturated carbocycles. The van der Waals surface area contributed by atoms with Gasteiger partial charge < -0.3 is 15.5 Å². The van der Waals surface area contributed by atoms with Crippen molar-refractivity contribution in [1.82, 2.24) is 14.8 Å². The summed E-state index contributed by atoms with van der Waals surface area (Å²) in [5.41, 5.74) is 6.08. The molecule has 2 amide bonds. The van der Waals surface area contributed by atoms with Gasteiger partial charge in [-0.05, 0) is 30.5 Å². The molecule has 0 saturated heterocycles. The topological polar surface area (TPSA) is 116 Å². The number of thioether (sulfide) groups is 2. The molecule has 0 aliphatic heterocycles. The second-order valence-electron chi connectivity index (χ2n) is 5.37. The van der Waals surface area contributed by atoms with E-state index in [0.29, 0.717) is 16.7 Å². The number of hydrogen-bond donors (Lipinski definition) is 2. The highest BCUT2D eigenvalue weighted by molar-refractivity contribution is 7.99. The molecule has 0 spiro atoms. The lowest BCUT2D eigenvalue weighted by atomic mass is 10.3. The number of aromatic nitrogens is 3. The van der Waals surface area contributed by atoms with Crippen molar-refractivity contribution < 1.29 is 14.0 Å². The summed E-state index contributed by atoms with van der Waals surface area (Å²) in [6.07, 6.45) is 3.45. The number of carbonyl (C=O) groups is 2. The minimum atomic E-state index is -0.539. The first-order valence-electron chi connectivity index (χ1n) is 7.89. The van der Waals surface area contributed by atoms with E-state index in [-0.39, 0.29) is 18.2 Å². The average Bonchev–Trinajstić information content (AvgIpc) is 3.30. The molecule has 0 aliphatic rings. The van der Waals surface area contributed by atoms with Gasteiger partial charge in [-0.2, -0.15) is 0 Å². The number of furan rings is 1. The average molecular weight is 403 g/mol. The maximum atomic E-state index is 12.3. The summed E-state index contributed by atoms with van der Waals surface area (Å²) in [6.45, 7) is -0.109. The number of nitrogens with zero attached hydrogens (tertiary/aromatic N) is 3. The van der Waals surface area contributed by atoms with Crippen LogP contribution in [0.4, 0.5) is 5.69 Å². The Morgan fingerprint density at radius 2 is 2.04 bits per heavy atom. The third-order valence-corrected chi connectivity index (χ3v) is 5.25. The van der Waals surface area contributed by atoms with Crippen LogP contribution in [-0.4, -0.2) is 38.6 Å². The van der Waals surface area contributed by atoms with Gasteiger partial charge in [-0.1, -0.05) is 23.9 Å². The van der Waals surface area contributed by atoms with Gasteiger partial charge >= 0.3 is 0 Å². The minimum absolute atomic E-state index is 0.109. The third-order valence-electron chi connectivity index (χ3n) is 3.49. The fourth-order valence-electron chi connectivity index (χ4n) is 2.35. The number of hydrogen-bond acceptors (Lipinski definition) is 7. The maximum absolute atomic E-state index is 12.3. The second-order valence-corrected chi connectivity index (χ2v) is 7.16. The van der Waals surface area contributed by atoms with E-state index in [9.17, 15) is 9.59 Å². The molecule has 3 N–H and O–H groups in total. The summed E-state index contributed by atoms with van der Waals surface area (Å²) >= 11 is 2.72. The number of rotatable bonds is 8. The molecule has 2 aromatic heterocycles. The molecule has 140 valence electrons. The van der Waals surface area contributed by atoms with Crippen LogP contribution in [0.3, 0.4) is 0 Å². The van der Waals surface area contributed by atoms with Gasteiger partial charge in [0.1, 0.15) is 6.54 Å². The molecule has 0 aliphatic carbocycles. The molecule has 0 fully saturated rings. The van der Waals surface area contributed by atoms with Crippen molar-refractivity contribution >= 4 is 41.0 Å². The first kappa shape index (κ1) is 19.1. The van der Waals surface area contributed by atoms with E-state index < -0.39 is 5.91 Å². The molecule has 0 atom stereocenters. The van der Waals surface area contributed by atoms with Crippen molar-refractivity contribution in [3.05, 3.63) is 42.7 Å². The molecular weight excluding hydrogens is 386 g/mol. The summed E-state index contributed by atoms with van der Waals surface area (Å²) in [4.78, 5) is 24.7. The van der Waals surface area contributed by atoms with Crippen LogP contribution in [0, 0.1) is 0 Å². The lowest BCUT2D eigenvalue weighted by molar-refractivity contribution is -0.118. The first-order valence-corrected chi connectivity index (χ1v) is 10.1. The summed E-state index contributed by atoms with van der Waals surface area (Å²) in [6, 6.07) is 11.0. The van der Waals surface area contributed by atoms with Gasteiger partial charge in [-0.25, -0.2) is 0 Å². The molecule has 1 aromatic carbocycles. The number of anilines is 1. The standard InChI is InChI=1S/C17H17N5O3S2/c1-26-13-7-3-2-5-11(13)19-15(24)10-27-17-21-20-16(12-6-4-8-25-12)22(17)9-14(18)23/h2-8H,9-10H2,1H3,(H2,18,23)(H,19,24). The highest BCUT2D eigenvalue weighted by Crippen LogP contribution is 2.26. The normalized spacial score (nSPS) is 10.7. The third kappa shape index (κ3) is 4.72. The summed E-state index contributed by atoms with van der Waals surface area (Å²) in [5.74, 6) is 0.235. The highest BCUT2D eigenvalue weighted by Gasteiger charge is 2.19. The summed E-state index contributed by atoms with van der Waals surface area (Å²) in [5, 5.41) is 11.4. The van der Waals surface area contributed by atoms with E-state index in [4.69, 9.17) is 10.2 Å². The van der Waals surface area contributed by atoms with E-state index in [2.05, 4.69) is 15.5 Å². The van der Waals surface area contributed by atoms with Crippen molar-refractivity contribution in [1.29, 1.82) is 0 Å². The van der Waals surface area contributed by atoms with Crippen LogP contribution < -0.4 is 11.1 Å². The zero-order valence-corrected chi connectivity index (χ0v) is 16.0. The summed E-state index contributed by atoms with van der Waals surface area (Å²) in [7, 11) is 0. The molecule has 0 radical (unpaired) electrons. The number of primary amides is 1. The van der Waals surface area contributed by atoms with Gasteiger partial charge in [0.05, 0.1) is 17.7 Å². The van der Waals surface area contributed by atoms with Crippen LogP contribution in [-0.2, 0) is 16.1 Å². The lowest BCUT2D eigenvalue weighted by Gasteiger charge is -2.09. The van der Waals surface area contributed by atoms with Crippen LogP contribution in [0.5, 0.6) is 0 Å². The molecule has 2 heterocycles. The quantitative estimate of drug-likeness (QED) is 0.555. The number of nitrogens with two attached hydrogens (primary N) is 1. The van der Waals surface area contributed by atoms with Gasteiger partial charge in [0, 0.05) is 4.90 Å². The SMILES string of the molecule is CSc1ccccc1NC(=O)CSc1nnc(-c2ccco2)n1CC(N)=O. The number of carbonyl (C=O) groups excluding carboxylic acids is 2. The molecule has 10 heteroatoms. The number of amides is 2. The second kappa shape index (κ2) is 8.78. The monoisotopic (exact) mass is 403 g/mol. The fraction of sp³-hybridized carbons (Fsp3) is 0.176. The molecule has 0 bridgehead atoms. The Morgan fingerprint density at radius 1 is 1.22 bits per heavy atom. The zero-order chi connectivity index (χ0) is 19.2. The van der Waals surface area contributed by atoms with Crippen LogP contribution >= 0.6 is 23.5 Å².